The zero-order valence-electron chi connectivity index (χ0n) is 51.5. The molecule has 2 unspecified atom stereocenters. The maximum atomic E-state index is 12.8. The number of unbranched alkanes of at least 4 members (excludes halogenated alkanes) is 47. The summed E-state index contributed by atoms with van der Waals surface area (Å²) in [5.74, 6) is -0.810. The standard InChI is InChI=1S/C66H130NO8P/c1-6-8-10-12-14-16-18-20-22-24-26-28-30-32-33-35-36-38-40-42-44-46-48-50-52-54-56-58-65(68)72-62-64(63-74-76(70,71)73-61-60-67(3,4)5)75-66(69)59-57-55-53-51-49-47-45-43-41-39-37-34-31-29-27-25-23-21-19-17-15-13-11-9-7-2/h25,27,64H,6-24,26,28-63H2,1-5H3/b27-25-. The fraction of sp³-hybridized carbons (Fsp3) is 0.939. The Labute approximate surface area is 473 Å². The average molecular weight is 1100 g/mol. The summed E-state index contributed by atoms with van der Waals surface area (Å²) in [6.07, 6.45) is 70.0. The van der Waals surface area contributed by atoms with Crippen LogP contribution in [0, 0.1) is 0 Å². The van der Waals surface area contributed by atoms with Gasteiger partial charge in [-0.05, 0) is 38.5 Å². The van der Waals surface area contributed by atoms with E-state index >= 15 is 0 Å². The number of carbonyl (C=O) groups excluding carboxylic acids is 2. The normalized spacial score (nSPS) is 13.2. The summed E-state index contributed by atoms with van der Waals surface area (Å²) in [4.78, 5) is 38.0. The van der Waals surface area contributed by atoms with E-state index in [9.17, 15) is 19.0 Å². The first-order valence-corrected chi connectivity index (χ1v) is 34.9. The Morgan fingerprint density at radius 1 is 0.395 bits per heavy atom. The van der Waals surface area contributed by atoms with E-state index in [4.69, 9.17) is 18.5 Å². The first-order chi connectivity index (χ1) is 37.0. The summed E-state index contributed by atoms with van der Waals surface area (Å²) in [6, 6.07) is 0. The third-order valence-electron chi connectivity index (χ3n) is 15.3. The third kappa shape index (κ3) is 62.0. The molecule has 452 valence electrons. The highest BCUT2D eigenvalue weighted by molar-refractivity contribution is 7.45. The number of likely N-dealkylation sites (N-methyl/N-ethyl adjacent to an activating group) is 1. The molecule has 10 heteroatoms. The number of hydrogen-bond donors (Lipinski definition) is 0. The van der Waals surface area contributed by atoms with Gasteiger partial charge in [-0.3, -0.25) is 14.2 Å². The molecule has 0 N–H and O–H groups in total. The molecule has 0 aromatic carbocycles. The van der Waals surface area contributed by atoms with Crippen LogP contribution in [0.2, 0.25) is 0 Å². The minimum absolute atomic E-state index is 0.0265. The quantitative estimate of drug-likeness (QED) is 0.0195. The topological polar surface area (TPSA) is 111 Å². The number of allylic oxidation sites excluding steroid dienone is 2. The molecule has 0 heterocycles. The van der Waals surface area contributed by atoms with Crippen LogP contribution in [-0.4, -0.2) is 70.0 Å². The number of rotatable bonds is 63. The minimum atomic E-state index is -4.63. The molecule has 9 nitrogen and oxygen atoms in total. The van der Waals surface area contributed by atoms with Gasteiger partial charge in [-0.2, -0.15) is 0 Å². The van der Waals surface area contributed by atoms with Crippen molar-refractivity contribution in [2.24, 2.45) is 0 Å². The predicted octanol–water partition coefficient (Wildman–Crippen LogP) is 20.5. The van der Waals surface area contributed by atoms with Crippen molar-refractivity contribution in [1.29, 1.82) is 0 Å². The van der Waals surface area contributed by atoms with Crippen LogP contribution in [0.4, 0.5) is 0 Å². The summed E-state index contributed by atoms with van der Waals surface area (Å²) in [5.41, 5.74) is 0. The van der Waals surface area contributed by atoms with Crippen molar-refractivity contribution in [1.82, 2.24) is 0 Å². The Morgan fingerprint density at radius 2 is 0.671 bits per heavy atom. The van der Waals surface area contributed by atoms with Crippen molar-refractivity contribution in [2.45, 2.75) is 354 Å². The number of phosphoric acid groups is 1. The van der Waals surface area contributed by atoms with E-state index in [1.165, 1.54) is 283 Å². The molecule has 0 saturated heterocycles. The van der Waals surface area contributed by atoms with Gasteiger partial charge in [-0.1, -0.05) is 309 Å². The second-order valence-corrected chi connectivity index (χ2v) is 25.6. The molecule has 0 aliphatic heterocycles. The van der Waals surface area contributed by atoms with Crippen LogP contribution in [0.3, 0.4) is 0 Å². The minimum Gasteiger partial charge on any atom is -0.756 e. The Kier molecular flexibility index (Phi) is 57.4. The molecule has 76 heavy (non-hydrogen) atoms. The molecular weight excluding hydrogens is 966 g/mol. The predicted molar refractivity (Wildman–Crippen MR) is 324 cm³/mol. The van der Waals surface area contributed by atoms with E-state index in [-0.39, 0.29) is 32.0 Å². The second-order valence-electron chi connectivity index (χ2n) is 24.2. The molecule has 0 aromatic rings. The van der Waals surface area contributed by atoms with E-state index < -0.39 is 26.5 Å². The monoisotopic (exact) mass is 1100 g/mol. The van der Waals surface area contributed by atoms with Gasteiger partial charge in [0.15, 0.2) is 6.10 Å². The van der Waals surface area contributed by atoms with Crippen LogP contribution >= 0.6 is 7.82 Å². The second kappa shape index (κ2) is 58.4. The van der Waals surface area contributed by atoms with Crippen LogP contribution in [0.25, 0.3) is 0 Å². The SMILES string of the molecule is CCCCCCCCCC/C=C\CCCCCCCCCCCCCCCC(=O)OC(COC(=O)CCCCCCCCCCCCCCCCCCCCCCCCCCCCC)COP(=O)([O-])OCC[N+](C)(C)C. The molecule has 0 radical (unpaired) electrons. The molecule has 0 spiro atoms. The number of ether oxygens (including phenoxy) is 2. The van der Waals surface area contributed by atoms with Gasteiger partial charge in [0.05, 0.1) is 27.7 Å². The molecule has 0 aromatic heterocycles. The lowest BCUT2D eigenvalue weighted by atomic mass is 10.0. The largest absolute Gasteiger partial charge is 0.756 e. The summed E-state index contributed by atoms with van der Waals surface area (Å²) in [5, 5.41) is 0. The Hall–Kier alpha value is -1.25. The number of quaternary nitrogens is 1. The molecule has 0 amide bonds. The summed E-state index contributed by atoms with van der Waals surface area (Å²) >= 11 is 0. The van der Waals surface area contributed by atoms with Gasteiger partial charge in [-0.15, -0.1) is 0 Å². The molecule has 0 bridgehead atoms. The lowest BCUT2D eigenvalue weighted by Gasteiger charge is -2.28. The molecule has 0 aliphatic carbocycles. The smallest absolute Gasteiger partial charge is 0.306 e. The van der Waals surface area contributed by atoms with E-state index in [0.717, 1.165) is 32.1 Å². The average Bonchev–Trinajstić information content (AvgIpc) is 3.38. The lowest BCUT2D eigenvalue weighted by Crippen LogP contribution is -2.37. The summed E-state index contributed by atoms with van der Waals surface area (Å²) in [6.45, 7) is 4.32. The van der Waals surface area contributed by atoms with Crippen molar-refractivity contribution in [3.8, 4) is 0 Å². The zero-order chi connectivity index (χ0) is 55.6. The van der Waals surface area contributed by atoms with E-state index in [0.29, 0.717) is 17.4 Å². The van der Waals surface area contributed by atoms with Gasteiger partial charge in [0.2, 0.25) is 0 Å². The first kappa shape index (κ1) is 74.8. The van der Waals surface area contributed by atoms with Crippen LogP contribution in [0.5, 0.6) is 0 Å². The molecule has 0 fully saturated rings. The van der Waals surface area contributed by atoms with E-state index in [1.807, 2.05) is 21.1 Å². The summed E-state index contributed by atoms with van der Waals surface area (Å²) in [7, 11) is 1.19. The molecule has 0 aliphatic rings. The fourth-order valence-electron chi connectivity index (χ4n) is 10.1. The van der Waals surface area contributed by atoms with Crippen molar-refractivity contribution in [3.63, 3.8) is 0 Å². The van der Waals surface area contributed by atoms with Gasteiger partial charge in [0.1, 0.15) is 19.8 Å². The number of nitrogens with zero attached hydrogens (tertiary/aromatic N) is 1. The molecular formula is C66H130NO8P. The van der Waals surface area contributed by atoms with Gasteiger partial charge >= 0.3 is 11.9 Å². The van der Waals surface area contributed by atoms with Gasteiger partial charge in [-0.25, -0.2) is 0 Å². The van der Waals surface area contributed by atoms with Crippen molar-refractivity contribution in [2.75, 3.05) is 47.5 Å². The van der Waals surface area contributed by atoms with Crippen LogP contribution in [0.1, 0.15) is 348 Å². The van der Waals surface area contributed by atoms with Crippen molar-refractivity contribution in [3.05, 3.63) is 12.2 Å². The van der Waals surface area contributed by atoms with Gasteiger partial charge in [0, 0.05) is 12.8 Å². The number of phosphoric ester groups is 1. The van der Waals surface area contributed by atoms with Crippen LogP contribution in [-0.2, 0) is 32.7 Å². The zero-order valence-corrected chi connectivity index (χ0v) is 52.4. The third-order valence-corrected chi connectivity index (χ3v) is 16.2. The maximum Gasteiger partial charge on any atom is 0.306 e. The lowest BCUT2D eigenvalue weighted by molar-refractivity contribution is -0.870. The number of esters is 2. The number of carbonyl (C=O) groups is 2. The van der Waals surface area contributed by atoms with Gasteiger partial charge in [0.25, 0.3) is 7.82 Å². The van der Waals surface area contributed by atoms with Crippen LogP contribution < -0.4 is 4.89 Å². The Balaban J connectivity index is 4.02. The van der Waals surface area contributed by atoms with E-state index in [1.54, 1.807) is 0 Å². The van der Waals surface area contributed by atoms with Crippen LogP contribution in [0.15, 0.2) is 12.2 Å². The van der Waals surface area contributed by atoms with Crippen molar-refractivity contribution < 1.29 is 42.1 Å². The Morgan fingerprint density at radius 3 is 0.974 bits per heavy atom. The van der Waals surface area contributed by atoms with Gasteiger partial charge < -0.3 is 27.9 Å². The highest BCUT2D eigenvalue weighted by Gasteiger charge is 2.22. The summed E-state index contributed by atoms with van der Waals surface area (Å²) < 4.78 is 34.3. The first-order valence-electron chi connectivity index (χ1n) is 33.4. The number of hydrogen-bond acceptors (Lipinski definition) is 8. The molecule has 2 atom stereocenters. The Bertz CT molecular complexity index is 1290. The highest BCUT2D eigenvalue weighted by atomic mass is 31.2. The maximum absolute atomic E-state index is 12.8. The molecule has 0 saturated carbocycles. The van der Waals surface area contributed by atoms with Crippen molar-refractivity contribution >= 4 is 19.8 Å². The molecule has 0 rings (SSSR count). The fourth-order valence-corrected chi connectivity index (χ4v) is 10.9. The highest BCUT2D eigenvalue weighted by Crippen LogP contribution is 2.38. The van der Waals surface area contributed by atoms with E-state index in [2.05, 4.69) is 26.0 Å².